The van der Waals surface area contributed by atoms with Gasteiger partial charge in [0.25, 0.3) is 10.7 Å². The third-order valence-corrected chi connectivity index (χ3v) is 5.45. The summed E-state index contributed by atoms with van der Waals surface area (Å²) in [4.78, 5) is 10.8. The standard InChI is InChI=1S/C11H12F3NO4S/c1-2-10(9(16)15-17,11(12,13)14)20(18,19)8-6-4-3-5-7-8/h3-7,17H,2H2,1H3,(H,15,16). The summed E-state index contributed by atoms with van der Waals surface area (Å²) in [6.07, 6.45) is -6.46. The Hall–Kier alpha value is -1.61. The van der Waals surface area contributed by atoms with Gasteiger partial charge in [0, 0.05) is 0 Å². The lowest BCUT2D eigenvalue weighted by atomic mass is 10.0. The van der Waals surface area contributed by atoms with Crippen molar-refractivity contribution in [2.45, 2.75) is 29.2 Å². The summed E-state index contributed by atoms with van der Waals surface area (Å²) < 4.78 is 60.5. The van der Waals surface area contributed by atoms with Crippen LogP contribution in [-0.2, 0) is 14.6 Å². The van der Waals surface area contributed by atoms with E-state index in [9.17, 15) is 26.4 Å². The van der Waals surface area contributed by atoms with Crippen LogP contribution >= 0.6 is 0 Å². The molecule has 0 fully saturated rings. The number of hydroxylamine groups is 1. The topological polar surface area (TPSA) is 83.5 Å². The maximum Gasteiger partial charge on any atom is 0.417 e. The minimum Gasteiger partial charge on any atom is -0.289 e. The van der Waals surface area contributed by atoms with Crippen LogP contribution in [0.3, 0.4) is 0 Å². The molecular weight excluding hydrogens is 299 g/mol. The molecule has 0 saturated heterocycles. The zero-order chi connectivity index (χ0) is 15.6. The quantitative estimate of drug-likeness (QED) is 0.654. The summed E-state index contributed by atoms with van der Waals surface area (Å²) >= 11 is 0. The van der Waals surface area contributed by atoms with Gasteiger partial charge in [0.05, 0.1) is 4.90 Å². The molecule has 9 heteroatoms. The van der Waals surface area contributed by atoms with Gasteiger partial charge in [-0.3, -0.25) is 10.0 Å². The molecule has 0 saturated carbocycles. The Kier molecular flexibility index (Phi) is 4.45. The maximum atomic E-state index is 13.2. The molecule has 1 atom stereocenters. The number of alkyl halides is 3. The molecule has 1 aromatic rings. The van der Waals surface area contributed by atoms with E-state index in [-0.39, 0.29) is 0 Å². The summed E-state index contributed by atoms with van der Waals surface area (Å²) in [7, 11) is -5.08. The van der Waals surface area contributed by atoms with Crippen molar-refractivity contribution < 1.29 is 31.6 Å². The molecule has 0 aliphatic rings. The fraction of sp³-hybridized carbons (Fsp3) is 0.364. The fourth-order valence-corrected chi connectivity index (χ4v) is 3.74. The third kappa shape index (κ3) is 2.27. The Labute approximate surface area is 113 Å². The first-order valence-electron chi connectivity index (χ1n) is 5.46. The molecule has 5 nitrogen and oxygen atoms in total. The highest BCUT2D eigenvalue weighted by molar-refractivity contribution is 7.93. The fourth-order valence-electron chi connectivity index (χ4n) is 1.85. The van der Waals surface area contributed by atoms with Gasteiger partial charge in [0.15, 0.2) is 0 Å². The van der Waals surface area contributed by atoms with Crippen LogP contribution in [0.1, 0.15) is 13.3 Å². The lowest BCUT2D eigenvalue weighted by Gasteiger charge is -2.31. The maximum absolute atomic E-state index is 13.2. The summed E-state index contributed by atoms with van der Waals surface area (Å²) in [6.45, 7) is 0.906. The molecule has 112 valence electrons. The molecule has 1 aromatic carbocycles. The van der Waals surface area contributed by atoms with E-state index in [1.165, 1.54) is 18.2 Å². The highest BCUT2D eigenvalue weighted by Crippen LogP contribution is 2.43. The lowest BCUT2D eigenvalue weighted by Crippen LogP contribution is -2.61. The molecule has 0 radical (unpaired) electrons. The molecule has 0 aliphatic heterocycles. The first-order valence-corrected chi connectivity index (χ1v) is 6.94. The first-order chi connectivity index (χ1) is 9.15. The number of sulfone groups is 1. The molecule has 2 N–H and O–H groups in total. The van der Waals surface area contributed by atoms with E-state index in [1.807, 2.05) is 0 Å². The molecule has 0 aromatic heterocycles. The van der Waals surface area contributed by atoms with Gasteiger partial charge in [0.1, 0.15) is 0 Å². The van der Waals surface area contributed by atoms with E-state index in [2.05, 4.69) is 0 Å². The van der Waals surface area contributed by atoms with Crippen molar-refractivity contribution in [3.8, 4) is 0 Å². The number of halogens is 3. The molecule has 0 bridgehead atoms. The van der Waals surface area contributed by atoms with Crippen molar-refractivity contribution >= 4 is 15.7 Å². The van der Waals surface area contributed by atoms with Crippen LogP contribution in [-0.4, -0.2) is 30.5 Å². The molecule has 20 heavy (non-hydrogen) atoms. The molecule has 0 spiro atoms. The molecule has 1 rings (SSSR count). The predicted octanol–water partition coefficient (Wildman–Crippen LogP) is 1.68. The van der Waals surface area contributed by atoms with Gasteiger partial charge >= 0.3 is 6.18 Å². The lowest BCUT2D eigenvalue weighted by molar-refractivity contribution is -0.178. The summed E-state index contributed by atoms with van der Waals surface area (Å²) in [5.74, 6) is -2.03. The van der Waals surface area contributed by atoms with Crippen molar-refractivity contribution in [3.05, 3.63) is 30.3 Å². The molecule has 0 heterocycles. The Morgan fingerprint density at radius 3 is 2.10 bits per heavy atom. The zero-order valence-electron chi connectivity index (χ0n) is 10.3. The number of benzene rings is 1. The molecular formula is C11H12F3NO4S. The smallest absolute Gasteiger partial charge is 0.289 e. The highest BCUT2D eigenvalue weighted by Gasteiger charge is 2.68. The van der Waals surface area contributed by atoms with E-state index >= 15 is 0 Å². The van der Waals surface area contributed by atoms with Crippen molar-refractivity contribution in [3.63, 3.8) is 0 Å². The Morgan fingerprint density at radius 2 is 1.75 bits per heavy atom. The van der Waals surface area contributed by atoms with Gasteiger partial charge in [-0.1, -0.05) is 25.1 Å². The van der Waals surface area contributed by atoms with E-state index in [0.29, 0.717) is 0 Å². The summed E-state index contributed by atoms with van der Waals surface area (Å²) in [5, 5.41) is 8.51. The summed E-state index contributed by atoms with van der Waals surface area (Å²) in [6, 6.07) is 5.81. The van der Waals surface area contributed by atoms with Gasteiger partial charge in [-0.05, 0) is 18.6 Å². The van der Waals surface area contributed by atoms with E-state index in [4.69, 9.17) is 5.21 Å². The van der Waals surface area contributed by atoms with E-state index in [1.54, 1.807) is 0 Å². The molecule has 0 aliphatic carbocycles. The van der Waals surface area contributed by atoms with Crippen molar-refractivity contribution in [1.82, 2.24) is 5.48 Å². The average molecular weight is 311 g/mol. The largest absolute Gasteiger partial charge is 0.417 e. The second kappa shape index (κ2) is 5.41. The van der Waals surface area contributed by atoms with Crippen molar-refractivity contribution in [2.75, 3.05) is 0 Å². The minimum absolute atomic E-state index is 0.650. The minimum atomic E-state index is -5.39. The van der Waals surface area contributed by atoms with E-state index < -0.39 is 38.0 Å². The van der Waals surface area contributed by atoms with Gasteiger partial charge in [-0.2, -0.15) is 13.2 Å². The van der Waals surface area contributed by atoms with Crippen LogP contribution < -0.4 is 5.48 Å². The zero-order valence-corrected chi connectivity index (χ0v) is 11.1. The van der Waals surface area contributed by atoms with Gasteiger partial charge < -0.3 is 0 Å². The number of rotatable bonds is 4. The second-order valence-electron chi connectivity index (χ2n) is 3.94. The number of carbonyl (C=O) groups is 1. The van der Waals surface area contributed by atoms with Crippen LogP contribution in [0.25, 0.3) is 0 Å². The van der Waals surface area contributed by atoms with E-state index in [0.717, 1.165) is 24.5 Å². The van der Waals surface area contributed by atoms with Crippen LogP contribution in [0.4, 0.5) is 13.2 Å². The second-order valence-corrected chi connectivity index (χ2v) is 6.11. The monoisotopic (exact) mass is 311 g/mol. The van der Waals surface area contributed by atoms with Crippen molar-refractivity contribution in [2.24, 2.45) is 0 Å². The van der Waals surface area contributed by atoms with Crippen LogP contribution in [0.2, 0.25) is 0 Å². The number of nitrogens with one attached hydrogen (secondary N) is 1. The van der Waals surface area contributed by atoms with Crippen LogP contribution in [0, 0.1) is 0 Å². The Balaban J connectivity index is 3.66. The average Bonchev–Trinajstić information content (AvgIpc) is 2.38. The van der Waals surface area contributed by atoms with Gasteiger partial charge in [0.2, 0.25) is 9.84 Å². The predicted molar refractivity (Wildman–Crippen MR) is 62.6 cm³/mol. The number of carbonyl (C=O) groups excluding carboxylic acids is 1. The Bertz CT molecular complexity index is 585. The third-order valence-electron chi connectivity index (χ3n) is 2.94. The SMILES string of the molecule is CCC(C(=O)NO)(C(F)(F)F)S(=O)(=O)c1ccccc1. The molecule has 1 unspecified atom stereocenters. The molecule has 1 amide bonds. The Morgan fingerprint density at radius 1 is 1.25 bits per heavy atom. The highest BCUT2D eigenvalue weighted by atomic mass is 32.2. The number of hydrogen-bond acceptors (Lipinski definition) is 4. The van der Waals surface area contributed by atoms with Crippen LogP contribution in [0.15, 0.2) is 35.2 Å². The van der Waals surface area contributed by atoms with Crippen LogP contribution in [0.5, 0.6) is 0 Å². The normalized spacial score (nSPS) is 15.4. The van der Waals surface area contributed by atoms with Gasteiger partial charge in [-0.15, -0.1) is 0 Å². The summed E-state index contributed by atoms with van der Waals surface area (Å²) in [5.41, 5.74) is 0.801. The number of hydrogen-bond donors (Lipinski definition) is 2. The van der Waals surface area contributed by atoms with Crippen molar-refractivity contribution in [1.29, 1.82) is 0 Å². The number of amides is 1. The van der Waals surface area contributed by atoms with Gasteiger partial charge in [-0.25, -0.2) is 13.9 Å². The first kappa shape index (κ1) is 16.4.